The molecule has 0 aromatic rings. The summed E-state index contributed by atoms with van der Waals surface area (Å²) < 4.78 is 15.5. The molecule has 19 heavy (non-hydrogen) atoms. The third-order valence-corrected chi connectivity index (χ3v) is 3.61. The third-order valence-electron chi connectivity index (χ3n) is 3.61. The van der Waals surface area contributed by atoms with Crippen molar-refractivity contribution in [3.8, 4) is 0 Å². The number of nitrogens with one attached hydrogen (secondary N) is 1. The molecule has 1 aliphatic rings. The van der Waals surface area contributed by atoms with Crippen molar-refractivity contribution in [3.05, 3.63) is 0 Å². The highest BCUT2D eigenvalue weighted by Crippen LogP contribution is 2.25. The Morgan fingerprint density at radius 1 is 1.37 bits per heavy atom. The first-order chi connectivity index (χ1) is 9.21. The van der Waals surface area contributed by atoms with Gasteiger partial charge in [-0.25, -0.2) is 0 Å². The molecule has 1 saturated carbocycles. The van der Waals surface area contributed by atoms with E-state index in [0.29, 0.717) is 19.3 Å². The van der Waals surface area contributed by atoms with Crippen molar-refractivity contribution in [1.82, 2.24) is 5.32 Å². The second-order valence-corrected chi connectivity index (χ2v) is 5.03. The van der Waals surface area contributed by atoms with Crippen LogP contribution in [0.2, 0.25) is 0 Å². The van der Waals surface area contributed by atoms with E-state index in [1.807, 2.05) is 6.92 Å². The van der Waals surface area contributed by atoms with Crippen molar-refractivity contribution in [2.45, 2.75) is 44.8 Å². The molecule has 0 aliphatic heterocycles. The van der Waals surface area contributed by atoms with Gasteiger partial charge in [-0.15, -0.1) is 0 Å². The van der Waals surface area contributed by atoms with Crippen molar-refractivity contribution in [3.63, 3.8) is 0 Å². The number of carbonyl (C=O) groups is 1. The van der Waals surface area contributed by atoms with E-state index in [-0.39, 0.29) is 18.0 Å². The van der Waals surface area contributed by atoms with Gasteiger partial charge < -0.3 is 19.5 Å². The Labute approximate surface area is 116 Å². The molecule has 0 saturated heterocycles. The maximum Gasteiger partial charge on any atom is 0.308 e. The topological polar surface area (TPSA) is 56.8 Å². The van der Waals surface area contributed by atoms with E-state index < -0.39 is 0 Å². The lowest BCUT2D eigenvalue weighted by Crippen LogP contribution is -2.42. The van der Waals surface area contributed by atoms with Crippen LogP contribution in [0, 0.1) is 5.92 Å². The number of ether oxygens (including phenoxy) is 3. The van der Waals surface area contributed by atoms with Crippen LogP contribution in [-0.4, -0.2) is 52.1 Å². The molecule has 0 spiro atoms. The minimum absolute atomic E-state index is 0.0471. The molecular weight excluding hydrogens is 246 g/mol. The first kappa shape index (κ1) is 16.4. The molecule has 0 aromatic carbocycles. The van der Waals surface area contributed by atoms with E-state index >= 15 is 0 Å². The van der Waals surface area contributed by atoms with E-state index in [9.17, 15) is 4.79 Å². The van der Waals surface area contributed by atoms with Gasteiger partial charge in [0, 0.05) is 26.8 Å². The Kier molecular flexibility index (Phi) is 8.02. The summed E-state index contributed by atoms with van der Waals surface area (Å²) in [5, 5.41) is 3.47. The zero-order chi connectivity index (χ0) is 14.1. The Bertz CT molecular complexity index is 260. The van der Waals surface area contributed by atoms with Gasteiger partial charge in [0.1, 0.15) is 0 Å². The molecule has 1 N–H and O–H groups in total. The SMILES string of the molecule is CCOC(=O)C1CCCC(NCC(COC)OC)C1. The fraction of sp³-hybridized carbons (Fsp3) is 0.929. The van der Waals surface area contributed by atoms with E-state index in [0.717, 1.165) is 32.2 Å². The van der Waals surface area contributed by atoms with Gasteiger partial charge in [-0.3, -0.25) is 4.79 Å². The van der Waals surface area contributed by atoms with Gasteiger partial charge in [-0.2, -0.15) is 0 Å². The minimum atomic E-state index is -0.0471. The van der Waals surface area contributed by atoms with Crippen molar-refractivity contribution in [2.24, 2.45) is 5.92 Å². The van der Waals surface area contributed by atoms with Crippen molar-refractivity contribution >= 4 is 5.97 Å². The molecular formula is C14H27NO4. The summed E-state index contributed by atoms with van der Waals surface area (Å²) in [5.74, 6) is 0.00352. The summed E-state index contributed by atoms with van der Waals surface area (Å²) in [6.07, 6.45) is 4.06. The van der Waals surface area contributed by atoms with Gasteiger partial charge >= 0.3 is 5.97 Å². The van der Waals surface area contributed by atoms with Gasteiger partial charge in [0.05, 0.1) is 25.2 Å². The first-order valence-corrected chi connectivity index (χ1v) is 7.13. The minimum Gasteiger partial charge on any atom is -0.466 e. The maximum atomic E-state index is 11.7. The second kappa shape index (κ2) is 9.28. The standard InChI is InChI=1S/C14H27NO4/c1-4-19-14(16)11-6-5-7-12(8-11)15-9-13(18-3)10-17-2/h11-13,15H,4-10H2,1-3H3. The van der Waals surface area contributed by atoms with E-state index in [1.165, 1.54) is 0 Å². The molecule has 3 unspecified atom stereocenters. The number of hydrogen-bond acceptors (Lipinski definition) is 5. The van der Waals surface area contributed by atoms with Gasteiger partial charge in [0.25, 0.3) is 0 Å². The molecule has 5 nitrogen and oxygen atoms in total. The Hall–Kier alpha value is -0.650. The molecule has 0 bridgehead atoms. The van der Waals surface area contributed by atoms with Crippen LogP contribution in [0.5, 0.6) is 0 Å². The van der Waals surface area contributed by atoms with Crippen LogP contribution in [0.1, 0.15) is 32.6 Å². The number of rotatable bonds is 8. The first-order valence-electron chi connectivity index (χ1n) is 7.13. The molecule has 3 atom stereocenters. The second-order valence-electron chi connectivity index (χ2n) is 5.03. The van der Waals surface area contributed by atoms with E-state index in [4.69, 9.17) is 14.2 Å². The highest BCUT2D eigenvalue weighted by Gasteiger charge is 2.28. The number of methoxy groups -OCH3 is 2. The van der Waals surface area contributed by atoms with Gasteiger partial charge in [0.2, 0.25) is 0 Å². The van der Waals surface area contributed by atoms with Crippen molar-refractivity contribution < 1.29 is 19.0 Å². The average molecular weight is 273 g/mol. The van der Waals surface area contributed by atoms with Crippen molar-refractivity contribution in [1.29, 1.82) is 0 Å². The van der Waals surface area contributed by atoms with Crippen molar-refractivity contribution in [2.75, 3.05) is 34.0 Å². The zero-order valence-corrected chi connectivity index (χ0v) is 12.3. The molecule has 112 valence electrons. The quantitative estimate of drug-likeness (QED) is 0.677. The molecule has 0 radical (unpaired) electrons. The van der Waals surface area contributed by atoms with Crippen LogP contribution < -0.4 is 5.32 Å². The summed E-state index contributed by atoms with van der Waals surface area (Å²) in [6, 6.07) is 0.373. The lowest BCUT2D eigenvalue weighted by Gasteiger charge is -2.29. The fourth-order valence-electron chi connectivity index (χ4n) is 2.54. The zero-order valence-electron chi connectivity index (χ0n) is 12.3. The predicted molar refractivity (Wildman–Crippen MR) is 73.1 cm³/mol. The van der Waals surface area contributed by atoms with Crippen LogP contribution in [0.3, 0.4) is 0 Å². The Morgan fingerprint density at radius 3 is 2.79 bits per heavy atom. The molecule has 1 fully saturated rings. The lowest BCUT2D eigenvalue weighted by atomic mass is 9.85. The molecule has 1 aliphatic carbocycles. The van der Waals surface area contributed by atoms with Crippen LogP contribution in [0.4, 0.5) is 0 Å². The van der Waals surface area contributed by atoms with E-state index in [1.54, 1.807) is 14.2 Å². The fourth-order valence-corrected chi connectivity index (χ4v) is 2.54. The molecule has 1 rings (SSSR count). The summed E-state index contributed by atoms with van der Waals surface area (Å²) >= 11 is 0. The van der Waals surface area contributed by atoms with Crippen LogP contribution in [-0.2, 0) is 19.0 Å². The molecule has 0 heterocycles. The summed E-state index contributed by atoms with van der Waals surface area (Å²) in [4.78, 5) is 11.7. The predicted octanol–water partition coefficient (Wildman–Crippen LogP) is 1.36. The van der Waals surface area contributed by atoms with Crippen LogP contribution >= 0.6 is 0 Å². The molecule has 0 aromatic heterocycles. The summed E-state index contributed by atoms with van der Waals surface area (Å²) in [5.41, 5.74) is 0. The number of carbonyl (C=O) groups excluding carboxylic acids is 1. The Balaban J connectivity index is 2.32. The smallest absolute Gasteiger partial charge is 0.308 e. The van der Waals surface area contributed by atoms with Crippen LogP contribution in [0.15, 0.2) is 0 Å². The van der Waals surface area contributed by atoms with Crippen LogP contribution in [0.25, 0.3) is 0 Å². The normalized spacial score (nSPS) is 25.0. The number of hydrogen-bond donors (Lipinski definition) is 1. The average Bonchev–Trinajstić information content (AvgIpc) is 2.44. The van der Waals surface area contributed by atoms with E-state index in [2.05, 4.69) is 5.32 Å². The molecule has 0 amide bonds. The largest absolute Gasteiger partial charge is 0.466 e. The van der Waals surface area contributed by atoms with Gasteiger partial charge in [-0.1, -0.05) is 6.42 Å². The molecule has 5 heteroatoms. The van der Waals surface area contributed by atoms with Gasteiger partial charge in [-0.05, 0) is 26.2 Å². The lowest BCUT2D eigenvalue weighted by molar-refractivity contribution is -0.149. The highest BCUT2D eigenvalue weighted by molar-refractivity contribution is 5.72. The maximum absolute atomic E-state index is 11.7. The third kappa shape index (κ3) is 5.89. The van der Waals surface area contributed by atoms with Gasteiger partial charge in [0.15, 0.2) is 0 Å². The monoisotopic (exact) mass is 273 g/mol. The summed E-state index contributed by atoms with van der Waals surface area (Å²) in [6.45, 7) is 3.65. The highest BCUT2D eigenvalue weighted by atomic mass is 16.5. The Morgan fingerprint density at radius 2 is 2.16 bits per heavy atom. The number of esters is 1. The summed E-state index contributed by atoms with van der Waals surface area (Å²) in [7, 11) is 3.36.